The van der Waals surface area contributed by atoms with Gasteiger partial charge < -0.3 is 10.4 Å². The van der Waals surface area contributed by atoms with Gasteiger partial charge in [0.2, 0.25) is 5.91 Å². The maximum Gasteiger partial charge on any atom is 0.332 e. The minimum atomic E-state index is -0.951. The number of carbonyl (C=O) groups excluding carboxylic acids is 1. The summed E-state index contributed by atoms with van der Waals surface area (Å²) in [6.07, 6.45) is 1.57. The SMILES string of the molecule is C=C(CN1CCC(C(=O)NC)CC1)C(=O)O. The van der Waals surface area contributed by atoms with Gasteiger partial charge in [0, 0.05) is 25.1 Å². The Labute approximate surface area is 95.1 Å². The van der Waals surface area contributed by atoms with E-state index in [4.69, 9.17) is 5.11 Å². The van der Waals surface area contributed by atoms with Gasteiger partial charge in [-0.1, -0.05) is 6.58 Å². The number of rotatable bonds is 4. The van der Waals surface area contributed by atoms with Gasteiger partial charge in [-0.05, 0) is 25.9 Å². The van der Waals surface area contributed by atoms with Crippen molar-refractivity contribution in [3.8, 4) is 0 Å². The molecule has 1 heterocycles. The van der Waals surface area contributed by atoms with Crippen LogP contribution in [0.4, 0.5) is 0 Å². The molecular formula is C11H18N2O3. The standard InChI is InChI=1S/C11H18N2O3/c1-8(11(15)16)7-13-5-3-9(4-6-13)10(14)12-2/h9H,1,3-7H2,2H3,(H,12,14)(H,15,16). The molecule has 0 aromatic rings. The molecule has 1 fully saturated rings. The van der Waals surface area contributed by atoms with Crippen LogP contribution in [0.5, 0.6) is 0 Å². The summed E-state index contributed by atoms with van der Waals surface area (Å²) in [4.78, 5) is 24.0. The van der Waals surface area contributed by atoms with E-state index in [1.165, 1.54) is 0 Å². The summed E-state index contributed by atoms with van der Waals surface area (Å²) >= 11 is 0. The smallest absolute Gasteiger partial charge is 0.332 e. The molecule has 2 N–H and O–H groups in total. The summed E-state index contributed by atoms with van der Waals surface area (Å²) in [5.41, 5.74) is 0.207. The predicted molar refractivity (Wildman–Crippen MR) is 60.0 cm³/mol. The molecular weight excluding hydrogens is 208 g/mol. The first-order valence-electron chi connectivity index (χ1n) is 5.39. The minimum Gasteiger partial charge on any atom is -0.478 e. The summed E-state index contributed by atoms with van der Waals surface area (Å²) in [7, 11) is 1.64. The van der Waals surface area contributed by atoms with E-state index in [1.54, 1.807) is 7.05 Å². The largest absolute Gasteiger partial charge is 0.478 e. The average Bonchev–Trinajstić information content (AvgIpc) is 2.28. The summed E-state index contributed by atoms with van der Waals surface area (Å²) in [5.74, 6) is -0.801. The van der Waals surface area contributed by atoms with Gasteiger partial charge in [0.25, 0.3) is 0 Å². The lowest BCUT2D eigenvalue weighted by atomic mass is 9.96. The second kappa shape index (κ2) is 5.65. The quantitative estimate of drug-likeness (QED) is 0.666. The third-order valence-corrected chi connectivity index (χ3v) is 2.92. The number of aliphatic carboxylic acids is 1. The van der Waals surface area contributed by atoms with Crippen molar-refractivity contribution in [3.05, 3.63) is 12.2 Å². The van der Waals surface area contributed by atoms with E-state index < -0.39 is 5.97 Å². The van der Waals surface area contributed by atoms with Crippen LogP contribution in [-0.4, -0.2) is 48.6 Å². The molecule has 1 amide bonds. The second-order valence-electron chi connectivity index (χ2n) is 4.07. The molecule has 1 saturated heterocycles. The number of hydrogen-bond donors (Lipinski definition) is 2. The maximum atomic E-state index is 11.4. The number of carboxylic acids is 1. The number of nitrogens with one attached hydrogen (secondary N) is 1. The Hall–Kier alpha value is -1.36. The Bertz CT molecular complexity index is 294. The van der Waals surface area contributed by atoms with Crippen molar-refractivity contribution < 1.29 is 14.7 Å². The van der Waals surface area contributed by atoms with Crippen molar-refractivity contribution >= 4 is 11.9 Å². The predicted octanol–water partition coefficient (Wildman–Crippen LogP) is 0.0852. The highest BCUT2D eigenvalue weighted by Crippen LogP contribution is 2.17. The monoisotopic (exact) mass is 226 g/mol. The first-order valence-corrected chi connectivity index (χ1v) is 5.39. The molecule has 1 aliphatic rings. The van der Waals surface area contributed by atoms with Crippen molar-refractivity contribution in [2.45, 2.75) is 12.8 Å². The molecule has 0 radical (unpaired) electrons. The summed E-state index contributed by atoms with van der Waals surface area (Å²) < 4.78 is 0. The van der Waals surface area contributed by atoms with Gasteiger partial charge in [0.15, 0.2) is 0 Å². The Morgan fingerprint density at radius 3 is 2.44 bits per heavy atom. The van der Waals surface area contributed by atoms with E-state index in [0.717, 1.165) is 25.9 Å². The zero-order valence-corrected chi connectivity index (χ0v) is 9.53. The first-order chi connectivity index (χ1) is 7.54. The Balaban J connectivity index is 2.35. The summed E-state index contributed by atoms with van der Waals surface area (Å²) in [6.45, 7) is 5.39. The van der Waals surface area contributed by atoms with Crippen LogP contribution in [-0.2, 0) is 9.59 Å². The summed E-state index contributed by atoms with van der Waals surface area (Å²) in [6, 6.07) is 0. The third kappa shape index (κ3) is 3.34. The number of carbonyl (C=O) groups is 2. The van der Waals surface area contributed by atoms with E-state index in [0.29, 0.717) is 6.54 Å². The molecule has 0 aromatic heterocycles. The number of hydrogen-bond acceptors (Lipinski definition) is 3. The number of nitrogens with zero attached hydrogens (tertiary/aromatic N) is 1. The lowest BCUT2D eigenvalue weighted by Gasteiger charge is -2.30. The normalized spacial score (nSPS) is 18.1. The van der Waals surface area contributed by atoms with Crippen LogP contribution in [0.1, 0.15) is 12.8 Å². The molecule has 0 unspecified atom stereocenters. The molecule has 16 heavy (non-hydrogen) atoms. The summed E-state index contributed by atoms with van der Waals surface area (Å²) in [5, 5.41) is 11.3. The van der Waals surface area contributed by atoms with Crippen molar-refractivity contribution in [1.82, 2.24) is 10.2 Å². The number of amides is 1. The molecule has 0 spiro atoms. The average molecular weight is 226 g/mol. The van der Waals surface area contributed by atoms with E-state index in [9.17, 15) is 9.59 Å². The van der Waals surface area contributed by atoms with E-state index in [-0.39, 0.29) is 17.4 Å². The number of carboxylic acid groups (broad SMARTS) is 1. The van der Waals surface area contributed by atoms with Crippen LogP contribution in [0, 0.1) is 5.92 Å². The Kier molecular flexibility index (Phi) is 4.49. The fourth-order valence-electron chi connectivity index (χ4n) is 1.89. The van der Waals surface area contributed by atoms with Crippen molar-refractivity contribution in [2.24, 2.45) is 5.92 Å². The highest BCUT2D eigenvalue weighted by Gasteiger charge is 2.24. The van der Waals surface area contributed by atoms with Crippen LogP contribution in [0.2, 0.25) is 0 Å². The number of piperidine rings is 1. The van der Waals surface area contributed by atoms with Gasteiger partial charge in [0.1, 0.15) is 0 Å². The lowest BCUT2D eigenvalue weighted by Crippen LogP contribution is -2.40. The zero-order valence-electron chi connectivity index (χ0n) is 9.53. The van der Waals surface area contributed by atoms with Gasteiger partial charge in [0.05, 0.1) is 0 Å². The van der Waals surface area contributed by atoms with Crippen molar-refractivity contribution in [2.75, 3.05) is 26.7 Å². The van der Waals surface area contributed by atoms with Gasteiger partial charge in [-0.2, -0.15) is 0 Å². The Morgan fingerprint density at radius 2 is 2.00 bits per heavy atom. The van der Waals surface area contributed by atoms with E-state index in [2.05, 4.69) is 11.9 Å². The molecule has 5 heteroatoms. The van der Waals surface area contributed by atoms with Crippen LogP contribution in [0.15, 0.2) is 12.2 Å². The van der Waals surface area contributed by atoms with Gasteiger partial charge in [-0.15, -0.1) is 0 Å². The van der Waals surface area contributed by atoms with Gasteiger partial charge >= 0.3 is 5.97 Å². The minimum absolute atomic E-state index is 0.0688. The number of likely N-dealkylation sites (tertiary alicyclic amines) is 1. The highest BCUT2D eigenvalue weighted by atomic mass is 16.4. The van der Waals surface area contributed by atoms with Crippen molar-refractivity contribution in [3.63, 3.8) is 0 Å². The van der Waals surface area contributed by atoms with E-state index in [1.807, 2.05) is 4.90 Å². The second-order valence-corrected chi connectivity index (χ2v) is 4.07. The third-order valence-electron chi connectivity index (χ3n) is 2.92. The zero-order chi connectivity index (χ0) is 12.1. The molecule has 5 nitrogen and oxygen atoms in total. The van der Waals surface area contributed by atoms with E-state index >= 15 is 0 Å². The topological polar surface area (TPSA) is 69.6 Å². The van der Waals surface area contributed by atoms with Crippen LogP contribution in [0.25, 0.3) is 0 Å². The maximum absolute atomic E-state index is 11.4. The van der Waals surface area contributed by atoms with Gasteiger partial charge in [-0.3, -0.25) is 9.69 Å². The fraction of sp³-hybridized carbons (Fsp3) is 0.636. The molecule has 1 aliphatic heterocycles. The molecule has 0 aromatic carbocycles. The van der Waals surface area contributed by atoms with Crippen LogP contribution < -0.4 is 5.32 Å². The Morgan fingerprint density at radius 1 is 1.44 bits per heavy atom. The van der Waals surface area contributed by atoms with Gasteiger partial charge in [-0.25, -0.2) is 4.79 Å². The molecule has 1 rings (SSSR count). The van der Waals surface area contributed by atoms with Crippen molar-refractivity contribution in [1.29, 1.82) is 0 Å². The van der Waals surface area contributed by atoms with Crippen LogP contribution >= 0.6 is 0 Å². The molecule has 0 bridgehead atoms. The molecule has 90 valence electrons. The highest BCUT2D eigenvalue weighted by molar-refractivity contribution is 5.86. The van der Waals surface area contributed by atoms with Crippen LogP contribution in [0.3, 0.4) is 0 Å². The molecule has 0 saturated carbocycles. The fourth-order valence-corrected chi connectivity index (χ4v) is 1.89. The first kappa shape index (κ1) is 12.7. The lowest BCUT2D eigenvalue weighted by molar-refractivity contribution is -0.133. The molecule has 0 atom stereocenters. The molecule has 0 aliphatic carbocycles.